The molecule has 0 heterocycles. The second kappa shape index (κ2) is 71.4. The summed E-state index contributed by atoms with van der Waals surface area (Å²) in [6, 6.07) is 0. The maximum absolute atomic E-state index is 5.16. The summed E-state index contributed by atoms with van der Waals surface area (Å²) in [5, 5.41) is 0. The summed E-state index contributed by atoms with van der Waals surface area (Å²) in [5.41, 5.74) is 0. The summed E-state index contributed by atoms with van der Waals surface area (Å²) in [7, 11) is 0. The predicted molar refractivity (Wildman–Crippen MR) is 362 cm³/mol. The number of rotatable bonds is 48. The standard InChI is InChI=1S/4C15H31NS2.Pb/c4*1-3-5-7-9-11-13-16(15(17)18)14-12-10-8-6-4-2;/h4*3-14H2,1-2H3,(H,17,18);/p-4. The van der Waals surface area contributed by atoms with Gasteiger partial charge in [-0.1, -0.05) is 278 Å². The van der Waals surface area contributed by atoms with Crippen LogP contribution in [0.1, 0.15) is 312 Å². The summed E-state index contributed by atoms with van der Waals surface area (Å²) < 4.78 is 2.67. The molecule has 73 heavy (non-hydrogen) atoms. The van der Waals surface area contributed by atoms with Crippen LogP contribution in [0.3, 0.4) is 0 Å². The minimum absolute atomic E-state index is 0. The zero-order valence-electron chi connectivity index (χ0n) is 49.5. The number of thiocarbonyl (C=S) groups is 4. The molecule has 0 N–H and O–H groups in total. The quantitative estimate of drug-likeness (QED) is 0.0249. The van der Waals surface area contributed by atoms with Crippen LogP contribution in [0, 0.1) is 0 Å². The molecule has 0 saturated heterocycles. The van der Waals surface area contributed by atoms with Gasteiger partial charge in [-0.05, 0) is 51.4 Å². The van der Waals surface area contributed by atoms with Gasteiger partial charge in [-0.3, -0.25) is 0 Å². The molecule has 0 aliphatic carbocycles. The Morgan fingerprint density at radius 1 is 0.205 bits per heavy atom. The smallest absolute Gasteiger partial charge is 0.0162 e. The molecule has 0 aromatic heterocycles. The topological polar surface area (TPSA) is 13.0 Å². The van der Waals surface area contributed by atoms with Gasteiger partial charge in [0, 0.05) is 79.7 Å². The first-order valence-electron chi connectivity index (χ1n) is 30.7. The molecule has 4 nitrogen and oxygen atoms in total. The molecular formula is C60H120N4PbS8-4. The van der Waals surface area contributed by atoms with Crippen LogP contribution in [-0.2, 0) is 50.5 Å². The first kappa shape index (κ1) is 83.2. The first-order valence-corrected chi connectivity index (χ1v) is 34.0. The molecule has 13 heteroatoms. The molecule has 4 radical (unpaired) electrons. The largest absolute Gasteiger partial charge is 0.411 e. The minimum atomic E-state index is 0. The third kappa shape index (κ3) is 69.4. The molecule has 0 aliphatic rings. The average Bonchev–Trinajstić information content (AvgIpc) is 3.35. The SMILES string of the molecule is CCCCCCCN(CCCCCCC)C(=S)[S-].CCCCCCCN(CCCCCCC)C(=S)[S-].CCCCCCCN(CCCCCCC)C(=S)[S-].CCCCCCCN(CCCCCCC)C(=S)[S-].[Pb]. The molecule has 0 aliphatic heterocycles. The fraction of sp³-hybridized carbons (Fsp3) is 0.933. The van der Waals surface area contributed by atoms with E-state index in [4.69, 9.17) is 99.4 Å². The van der Waals surface area contributed by atoms with Crippen LogP contribution in [0.15, 0.2) is 0 Å². The fourth-order valence-corrected chi connectivity index (χ4v) is 9.89. The maximum Gasteiger partial charge on any atom is 0.0162 e. The van der Waals surface area contributed by atoms with Crippen LogP contribution < -0.4 is 0 Å². The van der Waals surface area contributed by atoms with Crippen molar-refractivity contribution in [1.82, 2.24) is 19.6 Å². The molecule has 0 saturated carbocycles. The Labute approximate surface area is 523 Å². The van der Waals surface area contributed by atoms with Gasteiger partial charge in [-0.2, -0.15) is 0 Å². The molecular weight excluding hydrogens is 1240 g/mol. The van der Waals surface area contributed by atoms with Crippen molar-refractivity contribution < 1.29 is 0 Å². The molecule has 0 rings (SSSR count). The average molecular weight is 1360 g/mol. The van der Waals surface area contributed by atoms with Crippen LogP contribution in [0.4, 0.5) is 0 Å². The van der Waals surface area contributed by atoms with Gasteiger partial charge in [0.25, 0.3) is 0 Å². The van der Waals surface area contributed by atoms with Gasteiger partial charge in [0.15, 0.2) is 0 Å². The Morgan fingerprint density at radius 2 is 0.301 bits per heavy atom. The molecule has 0 atom stereocenters. The summed E-state index contributed by atoms with van der Waals surface area (Å²) in [6.07, 6.45) is 52.6. The summed E-state index contributed by atoms with van der Waals surface area (Å²) in [6.45, 7) is 26.6. The zero-order valence-corrected chi connectivity index (χ0v) is 59.9. The molecule has 0 aromatic carbocycles. The number of hydrogen-bond acceptors (Lipinski definition) is 8. The van der Waals surface area contributed by atoms with Gasteiger partial charge in [0.1, 0.15) is 0 Å². The second-order valence-corrected chi connectivity index (χ2v) is 24.5. The van der Waals surface area contributed by atoms with E-state index in [1.165, 1.54) is 257 Å². The van der Waals surface area contributed by atoms with Crippen LogP contribution in [-0.4, -0.2) is 117 Å². The first-order chi connectivity index (χ1) is 34.9. The van der Waals surface area contributed by atoms with Crippen LogP contribution >= 0.6 is 48.9 Å². The van der Waals surface area contributed by atoms with Crippen LogP contribution in [0.5, 0.6) is 0 Å². The van der Waals surface area contributed by atoms with Crippen LogP contribution in [0.2, 0.25) is 0 Å². The van der Waals surface area contributed by atoms with E-state index < -0.39 is 0 Å². The van der Waals surface area contributed by atoms with E-state index >= 15 is 0 Å². The van der Waals surface area contributed by atoms with Crippen LogP contribution in [0.25, 0.3) is 0 Å². The summed E-state index contributed by atoms with van der Waals surface area (Å²) in [5.74, 6) is 0. The normalized spacial score (nSPS) is 10.4. The van der Waals surface area contributed by atoms with Crippen molar-refractivity contribution in [2.24, 2.45) is 0 Å². The number of hydrogen-bond donors (Lipinski definition) is 0. The van der Waals surface area contributed by atoms with Crippen molar-refractivity contribution in [3.05, 3.63) is 0 Å². The zero-order chi connectivity index (χ0) is 54.6. The van der Waals surface area contributed by atoms with E-state index in [1.807, 2.05) is 0 Å². The Kier molecular flexibility index (Phi) is 81.3. The van der Waals surface area contributed by atoms with E-state index in [9.17, 15) is 0 Å². The Bertz CT molecular complexity index is 899. The van der Waals surface area contributed by atoms with E-state index in [0.717, 1.165) is 52.4 Å². The summed E-state index contributed by atoms with van der Waals surface area (Å²) >= 11 is 41.3. The molecule has 0 amide bonds. The predicted octanol–water partition coefficient (Wildman–Crippen LogP) is 19.9. The molecule has 0 unspecified atom stereocenters. The van der Waals surface area contributed by atoms with Gasteiger partial charge < -0.3 is 119 Å². The van der Waals surface area contributed by atoms with Crippen molar-refractivity contribution in [2.45, 2.75) is 312 Å². The van der Waals surface area contributed by atoms with Gasteiger partial charge in [-0.15, -0.1) is 0 Å². The van der Waals surface area contributed by atoms with E-state index in [0.29, 0.717) is 17.3 Å². The molecule has 0 aromatic rings. The number of unbranched alkanes of at least 4 members (excludes halogenated alkanes) is 32. The summed E-state index contributed by atoms with van der Waals surface area (Å²) in [4.78, 5) is 8.90. The third-order valence-electron chi connectivity index (χ3n) is 13.3. The van der Waals surface area contributed by atoms with Crippen molar-refractivity contribution in [1.29, 1.82) is 0 Å². The van der Waals surface area contributed by atoms with Crippen molar-refractivity contribution in [3.8, 4) is 0 Å². The monoisotopic (exact) mass is 1360 g/mol. The van der Waals surface area contributed by atoms with Crippen molar-refractivity contribution >= 4 is 144 Å². The molecule has 0 fully saturated rings. The molecule has 0 bridgehead atoms. The van der Waals surface area contributed by atoms with Gasteiger partial charge >= 0.3 is 0 Å². The van der Waals surface area contributed by atoms with Gasteiger partial charge in [-0.25, -0.2) is 0 Å². The Morgan fingerprint density at radius 3 is 0.384 bits per heavy atom. The third-order valence-corrected chi connectivity index (χ3v) is 15.4. The van der Waals surface area contributed by atoms with Gasteiger partial charge in [0.05, 0.1) is 0 Å². The Hall–Kier alpha value is 1.36. The van der Waals surface area contributed by atoms with Gasteiger partial charge in [0.2, 0.25) is 0 Å². The van der Waals surface area contributed by atoms with E-state index in [2.05, 4.69) is 75.0 Å². The number of nitrogens with zero attached hydrogens (tertiary/aromatic N) is 4. The Balaban J connectivity index is -0.000000280. The van der Waals surface area contributed by atoms with Crippen molar-refractivity contribution in [2.75, 3.05) is 52.4 Å². The fourth-order valence-electron chi connectivity index (χ4n) is 8.43. The maximum atomic E-state index is 5.16. The van der Waals surface area contributed by atoms with Crippen molar-refractivity contribution in [3.63, 3.8) is 0 Å². The van der Waals surface area contributed by atoms with E-state index in [1.54, 1.807) is 0 Å². The second-order valence-electron chi connectivity index (χ2n) is 20.3. The van der Waals surface area contributed by atoms with E-state index in [-0.39, 0.29) is 27.3 Å². The molecule has 436 valence electrons. The molecule has 0 spiro atoms. The minimum Gasteiger partial charge on any atom is -0.411 e.